The van der Waals surface area contributed by atoms with E-state index in [1.807, 2.05) is 12.1 Å². The topological polar surface area (TPSA) is 88.7 Å². The Hall–Kier alpha value is -1.87. The predicted octanol–water partition coefficient (Wildman–Crippen LogP) is 1.66. The lowest BCUT2D eigenvalue weighted by Crippen LogP contribution is -2.50. The Morgan fingerprint density at radius 2 is 2.08 bits per heavy atom. The van der Waals surface area contributed by atoms with Crippen LogP contribution in [-0.4, -0.2) is 36.7 Å². The van der Waals surface area contributed by atoms with E-state index in [1.54, 1.807) is 19.1 Å². The molecular formula is C15H20BrN3O4S. The van der Waals surface area contributed by atoms with E-state index in [-0.39, 0.29) is 17.0 Å². The van der Waals surface area contributed by atoms with E-state index in [9.17, 15) is 9.59 Å². The SMILES string of the molecule is COC(=O)CCCNC(=S)NNC(=O)[C@H](C)Oc1cccc(Br)c1. The second-order valence-corrected chi connectivity index (χ2v) is 6.09. The zero-order chi connectivity index (χ0) is 17.9. The van der Waals surface area contributed by atoms with Gasteiger partial charge in [0, 0.05) is 17.4 Å². The summed E-state index contributed by atoms with van der Waals surface area (Å²) in [6.07, 6.45) is 0.176. The highest BCUT2D eigenvalue weighted by Gasteiger charge is 2.14. The lowest BCUT2D eigenvalue weighted by Gasteiger charge is -2.16. The average molecular weight is 418 g/mol. The zero-order valence-electron chi connectivity index (χ0n) is 13.4. The van der Waals surface area contributed by atoms with Crippen LogP contribution >= 0.6 is 28.1 Å². The van der Waals surface area contributed by atoms with Gasteiger partial charge in [-0.25, -0.2) is 0 Å². The minimum Gasteiger partial charge on any atom is -0.481 e. The molecule has 0 fully saturated rings. The molecule has 24 heavy (non-hydrogen) atoms. The number of hydrogen-bond donors (Lipinski definition) is 3. The molecule has 0 spiro atoms. The van der Waals surface area contributed by atoms with Crippen LogP contribution in [0.3, 0.4) is 0 Å². The molecule has 3 N–H and O–H groups in total. The summed E-state index contributed by atoms with van der Waals surface area (Å²) in [5.74, 6) is -0.0632. The Bertz CT molecular complexity index is 586. The largest absolute Gasteiger partial charge is 0.481 e. The van der Waals surface area contributed by atoms with Crippen molar-refractivity contribution in [2.45, 2.75) is 25.9 Å². The molecule has 132 valence electrons. The zero-order valence-corrected chi connectivity index (χ0v) is 15.8. The summed E-state index contributed by atoms with van der Waals surface area (Å²) in [7, 11) is 1.34. The number of ether oxygens (including phenoxy) is 2. The molecule has 7 nitrogen and oxygen atoms in total. The molecule has 1 amide bonds. The number of halogens is 1. The van der Waals surface area contributed by atoms with Crippen LogP contribution in [0.1, 0.15) is 19.8 Å². The van der Waals surface area contributed by atoms with Gasteiger partial charge in [-0.1, -0.05) is 22.0 Å². The fourth-order valence-corrected chi connectivity index (χ4v) is 2.13. The fraction of sp³-hybridized carbons (Fsp3) is 0.400. The normalized spacial score (nSPS) is 11.1. The molecule has 9 heteroatoms. The van der Waals surface area contributed by atoms with Crippen molar-refractivity contribution in [2.24, 2.45) is 0 Å². The van der Waals surface area contributed by atoms with Crippen LogP contribution in [0.25, 0.3) is 0 Å². The molecule has 0 heterocycles. The number of amides is 1. The molecule has 0 aliphatic carbocycles. The summed E-state index contributed by atoms with van der Waals surface area (Å²) in [6, 6.07) is 7.21. The number of carbonyl (C=O) groups is 2. The van der Waals surface area contributed by atoms with Crippen molar-refractivity contribution in [3.8, 4) is 5.75 Å². The molecule has 1 atom stereocenters. The van der Waals surface area contributed by atoms with E-state index in [0.29, 0.717) is 25.1 Å². The first-order chi connectivity index (χ1) is 11.4. The minimum absolute atomic E-state index is 0.253. The maximum atomic E-state index is 11.9. The lowest BCUT2D eigenvalue weighted by molar-refractivity contribution is -0.140. The molecule has 1 rings (SSSR count). The summed E-state index contributed by atoms with van der Waals surface area (Å²) in [6.45, 7) is 2.12. The van der Waals surface area contributed by atoms with Crippen LogP contribution in [0.15, 0.2) is 28.7 Å². The van der Waals surface area contributed by atoms with Crippen molar-refractivity contribution in [1.29, 1.82) is 0 Å². The first-order valence-electron chi connectivity index (χ1n) is 7.25. The highest BCUT2D eigenvalue weighted by atomic mass is 79.9. The number of hydrazine groups is 1. The number of hydrogen-bond acceptors (Lipinski definition) is 5. The summed E-state index contributed by atoms with van der Waals surface area (Å²) in [5.41, 5.74) is 5.03. The quantitative estimate of drug-likeness (QED) is 0.269. The van der Waals surface area contributed by atoms with Gasteiger partial charge in [0.1, 0.15) is 5.75 Å². The number of methoxy groups -OCH3 is 1. The van der Waals surface area contributed by atoms with Crippen molar-refractivity contribution in [3.05, 3.63) is 28.7 Å². The Labute approximate surface area is 154 Å². The van der Waals surface area contributed by atoms with Crippen molar-refractivity contribution in [2.75, 3.05) is 13.7 Å². The third kappa shape index (κ3) is 8.11. The average Bonchev–Trinajstić information content (AvgIpc) is 2.56. The van der Waals surface area contributed by atoms with Crippen LogP contribution in [0, 0.1) is 0 Å². The van der Waals surface area contributed by atoms with Gasteiger partial charge in [0.25, 0.3) is 5.91 Å². The molecule has 0 bridgehead atoms. The van der Waals surface area contributed by atoms with Gasteiger partial charge in [-0.2, -0.15) is 0 Å². The summed E-state index contributed by atoms with van der Waals surface area (Å²) in [5, 5.41) is 3.12. The Morgan fingerprint density at radius 1 is 1.33 bits per heavy atom. The number of rotatable bonds is 7. The highest BCUT2D eigenvalue weighted by Crippen LogP contribution is 2.18. The number of nitrogens with one attached hydrogen (secondary N) is 3. The van der Waals surface area contributed by atoms with Gasteiger partial charge in [-0.3, -0.25) is 20.4 Å². The molecule has 0 aromatic heterocycles. The third-order valence-electron chi connectivity index (χ3n) is 2.85. The smallest absolute Gasteiger partial charge is 0.305 e. The molecule has 1 aromatic carbocycles. The summed E-state index contributed by atoms with van der Waals surface area (Å²) < 4.78 is 10.9. The molecule has 0 saturated carbocycles. The van der Waals surface area contributed by atoms with Crippen molar-refractivity contribution < 1.29 is 19.1 Å². The van der Waals surface area contributed by atoms with E-state index >= 15 is 0 Å². The van der Waals surface area contributed by atoms with Crippen LogP contribution in [0.2, 0.25) is 0 Å². The van der Waals surface area contributed by atoms with Crippen molar-refractivity contribution >= 4 is 45.1 Å². The maximum Gasteiger partial charge on any atom is 0.305 e. The summed E-state index contributed by atoms with van der Waals surface area (Å²) in [4.78, 5) is 22.9. The van der Waals surface area contributed by atoms with Gasteiger partial charge in [-0.15, -0.1) is 0 Å². The molecule has 0 aliphatic heterocycles. The van der Waals surface area contributed by atoms with Gasteiger partial charge < -0.3 is 14.8 Å². The lowest BCUT2D eigenvalue weighted by atomic mass is 10.3. The summed E-state index contributed by atoms with van der Waals surface area (Å²) >= 11 is 8.35. The maximum absolute atomic E-state index is 11.9. The van der Waals surface area contributed by atoms with Crippen LogP contribution < -0.4 is 20.9 Å². The van der Waals surface area contributed by atoms with Crippen LogP contribution in [-0.2, 0) is 14.3 Å². The number of benzene rings is 1. The molecule has 0 unspecified atom stereocenters. The van der Waals surface area contributed by atoms with E-state index in [1.165, 1.54) is 7.11 Å². The predicted molar refractivity (Wildman–Crippen MR) is 97.4 cm³/mol. The first kappa shape index (κ1) is 20.2. The third-order valence-corrected chi connectivity index (χ3v) is 3.59. The Balaban J connectivity index is 2.24. The van der Waals surface area contributed by atoms with Gasteiger partial charge in [0.15, 0.2) is 11.2 Å². The van der Waals surface area contributed by atoms with E-state index in [4.69, 9.17) is 17.0 Å². The van der Waals surface area contributed by atoms with E-state index in [0.717, 1.165) is 4.47 Å². The van der Waals surface area contributed by atoms with Crippen molar-refractivity contribution in [1.82, 2.24) is 16.2 Å². The standard InChI is InChI=1S/C15H20BrN3O4S/c1-10(23-12-6-3-5-11(16)9-12)14(21)18-19-15(24)17-8-4-7-13(20)22-2/h3,5-6,9-10H,4,7-8H2,1-2H3,(H,18,21)(H2,17,19,24)/t10-/m0/s1. The molecule has 0 radical (unpaired) electrons. The molecule has 0 aliphatic rings. The fourth-order valence-electron chi connectivity index (χ4n) is 1.60. The number of esters is 1. The minimum atomic E-state index is -0.700. The first-order valence-corrected chi connectivity index (χ1v) is 8.45. The van der Waals surface area contributed by atoms with Gasteiger partial charge in [-0.05, 0) is 43.8 Å². The van der Waals surface area contributed by atoms with Gasteiger partial charge in [0.05, 0.1) is 7.11 Å². The van der Waals surface area contributed by atoms with E-state index < -0.39 is 6.10 Å². The second kappa shape index (κ2) is 10.8. The van der Waals surface area contributed by atoms with E-state index in [2.05, 4.69) is 36.8 Å². The van der Waals surface area contributed by atoms with Gasteiger partial charge >= 0.3 is 5.97 Å². The second-order valence-electron chi connectivity index (χ2n) is 4.77. The van der Waals surface area contributed by atoms with Crippen molar-refractivity contribution in [3.63, 3.8) is 0 Å². The Morgan fingerprint density at radius 3 is 2.75 bits per heavy atom. The molecular weight excluding hydrogens is 398 g/mol. The molecule has 1 aromatic rings. The molecule has 0 saturated heterocycles. The van der Waals surface area contributed by atoms with Crippen LogP contribution in [0.5, 0.6) is 5.75 Å². The Kier molecular flexibility index (Phi) is 9.10. The monoisotopic (exact) mass is 417 g/mol. The van der Waals surface area contributed by atoms with Gasteiger partial charge in [0.2, 0.25) is 0 Å². The number of thiocarbonyl (C=S) groups is 1. The van der Waals surface area contributed by atoms with Crippen LogP contribution in [0.4, 0.5) is 0 Å². The number of carbonyl (C=O) groups excluding carboxylic acids is 2. The highest BCUT2D eigenvalue weighted by molar-refractivity contribution is 9.10.